The first-order chi connectivity index (χ1) is 7.04. The quantitative estimate of drug-likeness (QED) is 0.723. The van der Waals surface area contributed by atoms with E-state index in [-0.39, 0.29) is 18.1 Å². The predicted molar refractivity (Wildman–Crippen MR) is 61.6 cm³/mol. The molecule has 4 nitrogen and oxygen atoms in total. The van der Waals surface area contributed by atoms with Crippen molar-refractivity contribution in [3.8, 4) is 0 Å². The molecule has 2 atom stereocenters. The lowest BCUT2D eigenvalue weighted by Crippen LogP contribution is -2.53. The highest BCUT2D eigenvalue weighted by Crippen LogP contribution is 2.21. The molecule has 0 saturated carbocycles. The Bertz CT molecular complexity index is 218. The van der Waals surface area contributed by atoms with Crippen molar-refractivity contribution in [2.75, 3.05) is 13.1 Å². The molecule has 4 heteroatoms. The van der Waals surface area contributed by atoms with Crippen LogP contribution in [0.2, 0.25) is 0 Å². The van der Waals surface area contributed by atoms with Crippen LogP contribution >= 0.6 is 0 Å². The summed E-state index contributed by atoms with van der Waals surface area (Å²) in [6.07, 6.45) is 2.12. The molecule has 0 aromatic rings. The maximum atomic E-state index is 11.8. The minimum atomic E-state index is 0.0346. The van der Waals surface area contributed by atoms with Gasteiger partial charge in [0.05, 0.1) is 0 Å². The van der Waals surface area contributed by atoms with Gasteiger partial charge >= 0.3 is 6.03 Å². The fourth-order valence-corrected chi connectivity index (χ4v) is 2.07. The standard InChI is InChI=1S/C11H23N3O/c1-8(2)13-11(15)14-5-4-9(3)6-10(14)7-12/h8-10H,4-7,12H2,1-3H3,(H,13,15). The molecule has 1 heterocycles. The summed E-state index contributed by atoms with van der Waals surface area (Å²) in [7, 11) is 0. The summed E-state index contributed by atoms with van der Waals surface area (Å²) in [5.41, 5.74) is 5.70. The topological polar surface area (TPSA) is 58.4 Å². The number of likely N-dealkylation sites (tertiary alicyclic amines) is 1. The Labute approximate surface area is 92.2 Å². The van der Waals surface area contributed by atoms with Gasteiger partial charge in [0, 0.05) is 25.2 Å². The lowest BCUT2D eigenvalue weighted by Gasteiger charge is -2.38. The SMILES string of the molecule is CC1CCN(C(=O)NC(C)C)C(CN)C1. The summed E-state index contributed by atoms with van der Waals surface area (Å²) in [5, 5.41) is 2.92. The van der Waals surface area contributed by atoms with Crippen LogP contribution in [0.4, 0.5) is 4.79 Å². The molecule has 1 aliphatic heterocycles. The zero-order valence-electron chi connectivity index (χ0n) is 9.99. The van der Waals surface area contributed by atoms with E-state index in [4.69, 9.17) is 5.73 Å². The van der Waals surface area contributed by atoms with Crippen molar-refractivity contribution in [1.82, 2.24) is 10.2 Å². The van der Waals surface area contributed by atoms with Crippen LogP contribution in [0.1, 0.15) is 33.6 Å². The van der Waals surface area contributed by atoms with Crippen molar-refractivity contribution in [3.05, 3.63) is 0 Å². The van der Waals surface area contributed by atoms with Crippen LogP contribution in [0.5, 0.6) is 0 Å². The van der Waals surface area contributed by atoms with Crippen LogP contribution in [0.15, 0.2) is 0 Å². The first-order valence-electron chi connectivity index (χ1n) is 5.81. The van der Waals surface area contributed by atoms with Crippen LogP contribution in [0, 0.1) is 5.92 Å². The van der Waals surface area contributed by atoms with Gasteiger partial charge in [-0.3, -0.25) is 0 Å². The van der Waals surface area contributed by atoms with Crippen molar-refractivity contribution in [2.24, 2.45) is 11.7 Å². The third-order valence-electron chi connectivity index (χ3n) is 2.92. The second kappa shape index (κ2) is 5.35. The molecule has 15 heavy (non-hydrogen) atoms. The Morgan fingerprint density at radius 1 is 1.60 bits per heavy atom. The number of carbonyl (C=O) groups is 1. The Hall–Kier alpha value is -0.770. The first-order valence-corrected chi connectivity index (χ1v) is 5.81. The molecule has 0 aromatic carbocycles. The van der Waals surface area contributed by atoms with Gasteiger partial charge in [0.2, 0.25) is 0 Å². The monoisotopic (exact) mass is 213 g/mol. The highest BCUT2D eigenvalue weighted by molar-refractivity contribution is 5.75. The van der Waals surface area contributed by atoms with Crippen LogP contribution < -0.4 is 11.1 Å². The predicted octanol–water partition coefficient (Wildman–Crippen LogP) is 1.16. The lowest BCUT2D eigenvalue weighted by atomic mass is 9.93. The number of nitrogens with one attached hydrogen (secondary N) is 1. The molecule has 1 rings (SSSR count). The Balaban J connectivity index is 2.55. The summed E-state index contributed by atoms with van der Waals surface area (Å²) < 4.78 is 0. The van der Waals surface area contributed by atoms with Gasteiger partial charge in [0.15, 0.2) is 0 Å². The van der Waals surface area contributed by atoms with Crippen LogP contribution in [-0.2, 0) is 0 Å². The Morgan fingerprint density at radius 3 is 2.80 bits per heavy atom. The number of nitrogens with zero attached hydrogens (tertiary/aromatic N) is 1. The molecule has 0 aliphatic carbocycles. The second-order valence-electron chi connectivity index (χ2n) is 4.82. The molecular weight excluding hydrogens is 190 g/mol. The number of carbonyl (C=O) groups excluding carboxylic acids is 1. The smallest absolute Gasteiger partial charge is 0.317 e. The van der Waals surface area contributed by atoms with Gasteiger partial charge in [-0.2, -0.15) is 0 Å². The minimum absolute atomic E-state index is 0.0346. The molecule has 1 saturated heterocycles. The van der Waals surface area contributed by atoms with Gasteiger partial charge < -0.3 is 16.0 Å². The van der Waals surface area contributed by atoms with Crippen LogP contribution in [-0.4, -0.2) is 36.1 Å². The summed E-state index contributed by atoms with van der Waals surface area (Å²) in [6, 6.07) is 0.440. The minimum Gasteiger partial charge on any atom is -0.336 e. The van der Waals surface area contributed by atoms with E-state index < -0.39 is 0 Å². The molecule has 1 aliphatic rings. The molecule has 0 spiro atoms. The van der Waals surface area contributed by atoms with Gasteiger partial charge in [-0.1, -0.05) is 6.92 Å². The number of amides is 2. The molecule has 0 aromatic heterocycles. The molecule has 3 N–H and O–H groups in total. The van der Waals surface area contributed by atoms with Gasteiger partial charge in [0.25, 0.3) is 0 Å². The number of hydrogen-bond acceptors (Lipinski definition) is 2. The fraction of sp³-hybridized carbons (Fsp3) is 0.909. The van der Waals surface area contributed by atoms with E-state index in [1.165, 1.54) is 0 Å². The van der Waals surface area contributed by atoms with Gasteiger partial charge in [-0.25, -0.2) is 4.79 Å². The molecular formula is C11H23N3O. The van der Waals surface area contributed by atoms with Gasteiger partial charge in [-0.15, -0.1) is 0 Å². The highest BCUT2D eigenvalue weighted by atomic mass is 16.2. The average molecular weight is 213 g/mol. The molecule has 2 amide bonds. The number of rotatable bonds is 2. The zero-order chi connectivity index (χ0) is 11.4. The molecule has 2 unspecified atom stereocenters. The molecule has 0 radical (unpaired) electrons. The lowest BCUT2D eigenvalue weighted by molar-refractivity contribution is 0.133. The largest absolute Gasteiger partial charge is 0.336 e. The van der Waals surface area contributed by atoms with Crippen molar-refractivity contribution in [1.29, 1.82) is 0 Å². The van der Waals surface area contributed by atoms with Crippen LogP contribution in [0.25, 0.3) is 0 Å². The van der Waals surface area contributed by atoms with E-state index in [2.05, 4.69) is 12.2 Å². The van der Waals surface area contributed by atoms with E-state index in [1.807, 2.05) is 18.7 Å². The summed E-state index contributed by atoms with van der Waals surface area (Å²) in [4.78, 5) is 13.7. The maximum absolute atomic E-state index is 11.8. The van der Waals surface area contributed by atoms with Crippen molar-refractivity contribution < 1.29 is 4.79 Å². The van der Waals surface area contributed by atoms with E-state index >= 15 is 0 Å². The van der Waals surface area contributed by atoms with Gasteiger partial charge in [-0.05, 0) is 32.6 Å². The summed E-state index contributed by atoms with van der Waals surface area (Å²) in [6.45, 7) is 7.57. The fourth-order valence-electron chi connectivity index (χ4n) is 2.07. The number of urea groups is 1. The van der Waals surface area contributed by atoms with E-state index in [1.54, 1.807) is 0 Å². The highest BCUT2D eigenvalue weighted by Gasteiger charge is 2.28. The zero-order valence-corrected chi connectivity index (χ0v) is 9.99. The molecule has 88 valence electrons. The van der Waals surface area contributed by atoms with Crippen molar-refractivity contribution >= 4 is 6.03 Å². The second-order valence-corrected chi connectivity index (χ2v) is 4.82. The third kappa shape index (κ3) is 3.38. The summed E-state index contributed by atoms with van der Waals surface area (Å²) >= 11 is 0. The van der Waals surface area contributed by atoms with E-state index in [0.717, 1.165) is 19.4 Å². The molecule has 1 fully saturated rings. The Morgan fingerprint density at radius 2 is 2.27 bits per heavy atom. The number of piperidine rings is 1. The van der Waals surface area contributed by atoms with E-state index in [9.17, 15) is 4.79 Å². The normalized spacial score (nSPS) is 26.9. The molecule has 0 bridgehead atoms. The van der Waals surface area contributed by atoms with E-state index in [0.29, 0.717) is 12.5 Å². The van der Waals surface area contributed by atoms with Gasteiger partial charge in [0.1, 0.15) is 0 Å². The number of hydrogen-bond donors (Lipinski definition) is 2. The summed E-state index contributed by atoms with van der Waals surface area (Å²) in [5.74, 6) is 0.682. The number of nitrogens with two attached hydrogens (primary N) is 1. The van der Waals surface area contributed by atoms with Crippen LogP contribution in [0.3, 0.4) is 0 Å². The first kappa shape index (κ1) is 12.3. The average Bonchev–Trinajstić information content (AvgIpc) is 2.16. The third-order valence-corrected chi connectivity index (χ3v) is 2.92. The van der Waals surface area contributed by atoms with Crippen molar-refractivity contribution in [3.63, 3.8) is 0 Å². The van der Waals surface area contributed by atoms with Crippen molar-refractivity contribution in [2.45, 2.75) is 45.7 Å². The Kier molecular flexibility index (Phi) is 4.39. The maximum Gasteiger partial charge on any atom is 0.317 e.